The predicted octanol–water partition coefficient (Wildman–Crippen LogP) is 15.2. The molecule has 0 aliphatic rings. The number of aliphatic hydroxyl groups excluding tert-OH is 1. The van der Waals surface area contributed by atoms with E-state index < -0.39 is 6.10 Å². The zero-order valence-electron chi connectivity index (χ0n) is 35.3. The van der Waals surface area contributed by atoms with E-state index in [1.165, 1.54) is 148 Å². The Hall–Kier alpha value is -1.91. The summed E-state index contributed by atoms with van der Waals surface area (Å²) >= 11 is 0. The van der Waals surface area contributed by atoms with Gasteiger partial charge in [-0.05, 0) is 77.0 Å². The van der Waals surface area contributed by atoms with Gasteiger partial charge in [0.15, 0.2) is 0 Å². The van der Waals surface area contributed by atoms with Crippen LogP contribution >= 0.6 is 0 Å². The van der Waals surface area contributed by atoms with Crippen molar-refractivity contribution in [3.63, 3.8) is 0 Å². The van der Waals surface area contributed by atoms with Crippen molar-refractivity contribution in [1.29, 1.82) is 0 Å². The van der Waals surface area contributed by atoms with Crippen LogP contribution in [0.5, 0.6) is 0 Å². The molecule has 0 radical (unpaired) electrons. The molecular formula is C49H88O4. The summed E-state index contributed by atoms with van der Waals surface area (Å²) in [4.78, 5) is 12.2. The molecule has 0 aliphatic carbocycles. The number of allylic oxidation sites excluding steroid dienone is 10. The lowest BCUT2D eigenvalue weighted by Crippen LogP contribution is -2.27. The Morgan fingerprint density at radius 2 is 0.849 bits per heavy atom. The maximum Gasteiger partial charge on any atom is 0.306 e. The first-order valence-corrected chi connectivity index (χ1v) is 22.9. The van der Waals surface area contributed by atoms with Gasteiger partial charge >= 0.3 is 5.97 Å². The lowest BCUT2D eigenvalue weighted by atomic mass is 10.0. The molecular weight excluding hydrogens is 653 g/mol. The standard InChI is InChI=1S/C49H88O4/c1-3-5-7-9-11-13-15-17-19-20-21-22-23-24-25-26-27-28-29-31-33-35-37-39-41-43-45-52-47-48(46-50)53-49(51)44-42-40-38-36-34-32-30-18-16-14-12-10-8-6-4-2/h6,8,12,14,18,20-21,30,34,36,48,50H,3-5,7,9-11,13,15-17,19,22-29,31-33,35,37-47H2,1-2H3/b8-6-,14-12-,21-20-,30-18-,36-34-. The molecule has 1 unspecified atom stereocenters. The van der Waals surface area contributed by atoms with Gasteiger partial charge in [-0.25, -0.2) is 0 Å². The first-order chi connectivity index (χ1) is 26.2. The van der Waals surface area contributed by atoms with Crippen LogP contribution in [0.3, 0.4) is 0 Å². The topological polar surface area (TPSA) is 55.8 Å². The van der Waals surface area contributed by atoms with E-state index in [2.05, 4.69) is 74.6 Å². The van der Waals surface area contributed by atoms with Gasteiger partial charge in [0.05, 0.1) is 13.2 Å². The third kappa shape index (κ3) is 44.4. The zero-order chi connectivity index (χ0) is 38.4. The Balaban J connectivity index is 3.42. The Bertz CT molecular complexity index is 870. The van der Waals surface area contributed by atoms with Crippen LogP contribution < -0.4 is 0 Å². The highest BCUT2D eigenvalue weighted by Crippen LogP contribution is 2.14. The van der Waals surface area contributed by atoms with Crippen LogP contribution in [0.25, 0.3) is 0 Å². The van der Waals surface area contributed by atoms with E-state index in [1.54, 1.807) is 0 Å². The Morgan fingerprint density at radius 1 is 0.472 bits per heavy atom. The Kier molecular flexibility index (Phi) is 44.6. The Labute approximate surface area is 330 Å². The summed E-state index contributed by atoms with van der Waals surface area (Å²) in [6, 6.07) is 0. The Morgan fingerprint density at radius 3 is 1.30 bits per heavy atom. The van der Waals surface area contributed by atoms with Crippen molar-refractivity contribution in [2.75, 3.05) is 19.8 Å². The lowest BCUT2D eigenvalue weighted by molar-refractivity contribution is -0.154. The van der Waals surface area contributed by atoms with Crippen LogP contribution in [0.15, 0.2) is 60.8 Å². The number of hydrogen-bond donors (Lipinski definition) is 1. The summed E-state index contributed by atoms with van der Waals surface area (Å²) in [6.07, 6.45) is 61.6. The smallest absolute Gasteiger partial charge is 0.306 e. The molecule has 0 aliphatic heterocycles. The summed E-state index contributed by atoms with van der Waals surface area (Å²) in [5.41, 5.74) is 0. The van der Waals surface area contributed by atoms with E-state index in [9.17, 15) is 9.90 Å². The van der Waals surface area contributed by atoms with Gasteiger partial charge in [-0.2, -0.15) is 0 Å². The SMILES string of the molecule is CC/C=C\C/C=C\C/C=C\C/C=C\CCCCC(=O)OC(CO)COCCCCCCCCCCCCCCCC/C=C\CCCCCCCCCC. The van der Waals surface area contributed by atoms with Gasteiger partial charge in [0, 0.05) is 13.0 Å². The van der Waals surface area contributed by atoms with Crippen LogP contribution in [0.2, 0.25) is 0 Å². The molecule has 0 aromatic rings. The minimum absolute atomic E-state index is 0.189. The molecule has 0 amide bonds. The number of unbranched alkanes of at least 4 members (excludes halogenated alkanes) is 24. The van der Waals surface area contributed by atoms with Crippen molar-refractivity contribution in [3.05, 3.63) is 60.8 Å². The lowest BCUT2D eigenvalue weighted by Gasteiger charge is -2.15. The number of carbonyl (C=O) groups excluding carboxylic acids is 1. The maximum atomic E-state index is 12.2. The van der Waals surface area contributed by atoms with Gasteiger partial charge in [-0.1, -0.05) is 197 Å². The van der Waals surface area contributed by atoms with Crippen LogP contribution in [0, 0.1) is 0 Å². The van der Waals surface area contributed by atoms with E-state index in [4.69, 9.17) is 9.47 Å². The molecule has 0 fully saturated rings. The summed E-state index contributed by atoms with van der Waals surface area (Å²) in [5, 5.41) is 9.60. The molecule has 0 saturated heterocycles. The number of esters is 1. The van der Waals surface area contributed by atoms with Gasteiger partial charge in [-0.15, -0.1) is 0 Å². The molecule has 0 spiro atoms. The van der Waals surface area contributed by atoms with E-state index in [0.29, 0.717) is 13.0 Å². The zero-order valence-corrected chi connectivity index (χ0v) is 35.3. The van der Waals surface area contributed by atoms with Crippen molar-refractivity contribution in [2.45, 2.75) is 225 Å². The van der Waals surface area contributed by atoms with E-state index in [0.717, 1.165) is 51.4 Å². The minimum atomic E-state index is -0.557. The monoisotopic (exact) mass is 741 g/mol. The number of rotatable bonds is 42. The molecule has 0 saturated carbocycles. The molecule has 0 heterocycles. The van der Waals surface area contributed by atoms with E-state index >= 15 is 0 Å². The summed E-state index contributed by atoms with van der Waals surface area (Å²) in [7, 11) is 0. The number of ether oxygens (including phenoxy) is 2. The molecule has 4 nitrogen and oxygen atoms in total. The van der Waals surface area contributed by atoms with Crippen molar-refractivity contribution < 1.29 is 19.4 Å². The van der Waals surface area contributed by atoms with Crippen molar-refractivity contribution in [1.82, 2.24) is 0 Å². The molecule has 308 valence electrons. The maximum absolute atomic E-state index is 12.2. The quantitative estimate of drug-likeness (QED) is 0.0385. The summed E-state index contributed by atoms with van der Waals surface area (Å²) in [6.45, 7) is 5.20. The summed E-state index contributed by atoms with van der Waals surface area (Å²) < 4.78 is 11.1. The van der Waals surface area contributed by atoms with E-state index in [-0.39, 0.29) is 19.2 Å². The second-order valence-corrected chi connectivity index (χ2v) is 15.1. The third-order valence-corrected chi connectivity index (χ3v) is 9.83. The van der Waals surface area contributed by atoms with Crippen molar-refractivity contribution in [2.24, 2.45) is 0 Å². The predicted molar refractivity (Wildman–Crippen MR) is 233 cm³/mol. The van der Waals surface area contributed by atoms with Crippen molar-refractivity contribution in [3.8, 4) is 0 Å². The highest BCUT2D eigenvalue weighted by molar-refractivity contribution is 5.69. The van der Waals surface area contributed by atoms with Crippen LogP contribution in [0.1, 0.15) is 219 Å². The molecule has 1 N–H and O–H groups in total. The van der Waals surface area contributed by atoms with E-state index in [1.807, 2.05) is 0 Å². The first-order valence-electron chi connectivity index (χ1n) is 22.9. The molecule has 1 atom stereocenters. The third-order valence-electron chi connectivity index (χ3n) is 9.83. The average molecular weight is 741 g/mol. The van der Waals surface area contributed by atoms with Crippen LogP contribution in [-0.4, -0.2) is 37.0 Å². The highest BCUT2D eigenvalue weighted by atomic mass is 16.6. The van der Waals surface area contributed by atoms with Gasteiger partial charge in [-0.3, -0.25) is 4.79 Å². The summed E-state index contributed by atoms with van der Waals surface area (Å²) in [5.74, 6) is -0.240. The molecule has 0 rings (SSSR count). The fourth-order valence-corrected chi connectivity index (χ4v) is 6.43. The largest absolute Gasteiger partial charge is 0.457 e. The van der Waals surface area contributed by atoms with Crippen LogP contribution in [0.4, 0.5) is 0 Å². The van der Waals surface area contributed by atoms with Gasteiger partial charge in [0.2, 0.25) is 0 Å². The average Bonchev–Trinajstić information content (AvgIpc) is 3.16. The first kappa shape index (κ1) is 51.1. The van der Waals surface area contributed by atoms with Gasteiger partial charge in [0.25, 0.3) is 0 Å². The highest BCUT2D eigenvalue weighted by Gasteiger charge is 2.13. The molecule has 53 heavy (non-hydrogen) atoms. The minimum Gasteiger partial charge on any atom is -0.457 e. The number of carbonyl (C=O) groups is 1. The number of hydrogen-bond acceptors (Lipinski definition) is 4. The molecule has 0 aromatic heterocycles. The fraction of sp³-hybridized carbons (Fsp3) is 0.776. The van der Waals surface area contributed by atoms with Gasteiger partial charge in [0.1, 0.15) is 6.10 Å². The number of aliphatic hydroxyl groups is 1. The van der Waals surface area contributed by atoms with Gasteiger partial charge < -0.3 is 14.6 Å². The van der Waals surface area contributed by atoms with Crippen LogP contribution in [-0.2, 0) is 14.3 Å². The normalized spacial score (nSPS) is 12.9. The molecule has 0 bridgehead atoms. The second-order valence-electron chi connectivity index (χ2n) is 15.1. The molecule has 0 aromatic carbocycles. The fourth-order valence-electron chi connectivity index (χ4n) is 6.43. The second kappa shape index (κ2) is 46.2. The molecule has 4 heteroatoms. The van der Waals surface area contributed by atoms with Crippen molar-refractivity contribution >= 4 is 5.97 Å².